The molecule has 2 rings (SSSR count). The van der Waals surface area contributed by atoms with Gasteiger partial charge in [0.15, 0.2) is 0 Å². The summed E-state index contributed by atoms with van der Waals surface area (Å²) in [4.78, 5) is 11.0. The maximum Gasteiger partial charge on any atom is 0.263 e. The zero-order valence-electron chi connectivity index (χ0n) is 10.3. The van der Waals surface area contributed by atoms with Crippen LogP contribution < -0.4 is 10.3 Å². The number of aromatic nitrogens is 1. The molecule has 0 bridgehead atoms. The number of nitrogens with one attached hydrogen (secondary N) is 1. The molecule has 0 fully saturated rings. The maximum absolute atomic E-state index is 12.9. The maximum atomic E-state index is 12.9. The summed E-state index contributed by atoms with van der Waals surface area (Å²) in [5.41, 5.74) is -0.0692. The van der Waals surface area contributed by atoms with Crippen molar-refractivity contribution in [2.75, 3.05) is 4.72 Å². The van der Waals surface area contributed by atoms with Crippen LogP contribution in [0.2, 0.25) is 5.02 Å². The van der Waals surface area contributed by atoms with Gasteiger partial charge in [0.1, 0.15) is 10.7 Å². The third kappa shape index (κ3) is 3.00. The largest absolute Gasteiger partial charge is 0.316 e. The van der Waals surface area contributed by atoms with Gasteiger partial charge in [-0.15, -0.1) is 0 Å². The van der Waals surface area contributed by atoms with Gasteiger partial charge in [-0.2, -0.15) is 0 Å². The van der Waals surface area contributed by atoms with E-state index in [2.05, 4.69) is 4.72 Å². The van der Waals surface area contributed by atoms with Crippen molar-refractivity contribution in [2.45, 2.75) is 4.90 Å². The number of pyridine rings is 1. The summed E-state index contributed by atoms with van der Waals surface area (Å²) in [7, 11) is -2.46. The molecule has 1 aromatic carbocycles. The van der Waals surface area contributed by atoms with Gasteiger partial charge in [0.05, 0.1) is 10.7 Å². The number of aryl methyl sites for hydroxylation is 1. The molecule has 1 aromatic heterocycles. The molecule has 106 valence electrons. The summed E-state index contributed by atoms with van der Waals surface area (Å²) in [5, 5.41) is -0.220. The first-order valence-corrected chi connectivity index (χ1v) is 7.30. The number of hydrogen-bond acceptors (Lipinski definition) is 3. The fourth-order valence-corrected chi connectivity index (χ4v) is 3.13. The minimum atomic E-state index is -3.95. The topological polar surface area (TPSA) is 68.2 Å². The van der Waals surface area contributed by atoms with E-state index in [0.29, 0.717) is 0 Å². The SMILES string of the molecule is Cn1cc(NS(=O)(=O)c2ccc(F)cc2Cl)ccc1=O. The molecule has 20 heavy (non-hydrogen) atoms. The van der Waals surface area contributed by atoms with E-state index in [-0.39, 0.29) is 21.2 Å². The summed E-state index contributed by atoms with van der Waals surface area (Å²) in [5.74, 6) is -0.629. The lowest BCUT2D eigenvalue weighted by Crippen LogP contribution is -2.18. The van der Waals surface area contributed by atoms with Crippen LogP contribution in [0.4, 0.5) is 10.1 Å². The van der Waals surface area contributed by atoms with Gasteiger partial charge in [-0.1, -0.05) is 11.6 Å². The Hall–Kier alpha value is -1.86. The van der Waals surface area contributed by atoms with Crippen molar-refractivity contribution in [2.24, 2.45) is 7.05 Å². The fourth-order valence-electron chi connectivity index (χ4n) is 1.56. The standard InChI is InChI=1S/C12H10ClFN2O3S/c1-16-7-9(3-5-12(16)17)15-20(18,19)11-4-2-8(14)6-10(11)13/h2-7,15H,1H3. The highest BCUT2D eigenvalue weighted by Crippen LogP contribution is 2.24. The number of hydrogen-bond donors (Lipinski definition) is 1. The van der Waals surface area contributed by atoms with Gasteiger partial charge in [-0.3, -0.25) is 9.52 Å². The minimum Gasteiger partial charge on any atom is -0.316 e. The summed E-state index contributed by atoms with van der Waals surface area (Å²) in [6.45, 7) is 0. The van der Waals surface area contributed by atoms with Gasteiger partial charge in [0.25, 0.3) is 10.0 Å². The van der Waals surface area contributed by atoms with Crippen molar-refractivity contribution < 1.29 is 12.8 Å². The highest BCUT2D eigenvalue weighted by Gasteiger charge is 2.18. The summed E-state index contributed by atoms with van der Waals surface area (Å²) in [6.07, 6.45) is 1.33. The first-order chi connectivity index (χ1) is 9.29. The average Bonchev–Trinajstić information content (AvgIpc) is 2.33. The molecule has 0 atom stereocenters. The quantitative estimate of drug-likeness (QED) is 0.941. The predicted molar refractivity (Wildman–Crippen MR) is 73.9 cm³/mol. The van der Waals surface area contributed by atoms with Crippen LogP contribution in [0.15, 0.2) is 46.2 Å². The van der Waals surface area contributed by atoms with Crippen LogP contribution in [0.5, 0.6) is 0 Å². The van der Waals surface area contributed by atoms with Crippen LogP contribution in [0, 0.1) is 5.82 Å². The molecule has 0 spiro atoms. The summed E-state index contributed by atoms with van der Waals surface area (Å²) in [6, 6.07) is 5.54. The predicted octanol–water partition coefficient (Wildman–Crippen LogP) is 1.98. The summed E-state index contributed by atoms with van der Waals surface area (Å²) < 4.78 is 40.7. The Kier molecular flexibility index (Phi) is 3.82. The molecule has 0 radical (unpaired) electrons. The smallest absolute Gasteiger partial charge is 0.263 e. The molecule has 0 aliphatic carbocycles. The number of nitrogens with zero attached hydrogens (tertiary/aromatic N) is 1. The normalized spacial score (nSPS) is 11.3. The highest BCUT2D eigenvalue weighted by molar-refractivity contribution is 7.92. The molecule has 0 amide bonds. The van der Waals surface area contributed by atoms with Gasteiger partial charge < -0.3 is 4.57 Å². The van der Waals surface area contributed by atoms with E-state index in [0.717, 1.165) is 18.2 Å². The lowest BCUT2D eigenvalue weighted by atomic mass is 10.3. The second-order valence-electron chi connectivity index (χ2n) is 4.05. The molecule has 0 saturated carbocycles. The van der Waals surface area contributed by atoms with E-state index in [4.69, 9.17) is 11.6 Å². The van der Waals surface area contributed by atoms with E-state index < -0.39 is 15.8 Å². The van der Waals surface area contributed by atoms with Crippen LogP contribution in [0.25, 0.3) is 0 Å². The molecule has 8 heteroatoms. The second-order valence-corrected chi connectivity index (χ2v) is 6.11. The number of rotatable bonds is 3. The van der Waals surface area contributed by atoms with Crippen molar-refractivity contribution in [3.8, 4) is 0 Å². The van der Waals surface area contributed by atoms with E-state index in [9.17, 15) is 17.6 Å². The molecule has 0 saturated heterocycles. The van der Waals surface area contributed by atoms with E-state index in [1.165, 1.54) is 29.9 Å². The lowest BCUT2D eigenvalue weighted by Gasteiger charge is -2.10. The molecule has 2 aromatic rings. The van der Waals surface area contributed by atoms with Crippen LogP contribution in [0.1, 0.15) is 0 Å². The number of benzene rings is 1. The summed E-state index contributed by atoms with van der Waals surface area (Å²) >= 11 is 5.72. The molecular formula is C12H10ClFN2O3S. The van der Waals surface area contributed by atoms with Crippen LogP contribution >= 0.6 is 11.6 Å². The monoisotopic (exact) mass is 316 g/mol. The van der Waals surface area contributed by atoms with Crippen molar-refractivity contribution in [3.63, 3.8) is 0 Å². The van der Waals surface area contributed by atoms with Gasteiger partial charge >= 0.3 is 0 Å². The Morgan fingerprint density at radius 1 is 1.25 bits per heavy atom. The second kappa shape index (κ2) is 5.26. The van der Waals surface area contributed by atoms with Crippen molar-refractivity contribution in [1.29, 1.82) is 0 Å². The third-order valence-corrected chi connectivity index (χ3v) is 4.39. The lowest BCUT2D eigenvalue weighted by molar-refractivity contribution is 0.599. The molecule has 0 aliphatic rings. The number of halogens is 2. The Bertz CT molecular complexity index is 818. The highest BCUT2D eigenvalue weighted by atomic mass is 35.5. The minimum absolute atomic E-state index is 0.201. The number of anilines is 1. The van der Waals surface area contributed by atoms with Gasteiger partial charge in [-0.05, 0) is 24.3 Å². The van der Waals surface area contributed by atoms with Gasteiger partial charge in [-0.25, -0.2) is 12.8 Å². The first-order valence-electron chi connectivity index (χ1n) is 5.44. The Morgan fingerprint density at radius 3 is 2.55 bits per heavy atom. The average molecular weight is 317 g/mol. The van der Waals surface area contributed by atoms with E-state index in [1.54, 1.807) is 0 Å². The zero-order valence-corrected chi connectivity index (χ0v) is 11.9. The first kappa shape index (κ1) is 14.5. The molecule has 1 heterocycles. The molecule has 0 aliphatic heterocycles. The van der Waals surface area contributed by atoms with Crippen molar-refractivity contribution >= 4 is 27.3 Å². The molecule has 5 nitrogen and oxygen atoms in total. The van der Waals surface area contributed by atoms with Crippen molar-refractivity contribution in [1.82, 2.24) is 4.57 Å². The van der Waals surface area contributed by atoms with Gasteiger partial charge in [0, 0.05) is 19.3 Å². The Balaban J connectivity index is 2.40. The van der Waals surface area contributed by atoms with Gasteiger partial charge in [0.2, 0.25) is 5.56 Å². The Labute approximate surface area is 119 Å². The Morgan fingerprint density at radius 2 is 1.95 bits per heavy atom. The molecular weight excluding hydrogens is 307 g/mol. The number of sulfonamides is 1. The molecule has 1 N–H and O–H groups in total. The van der Waals surface area contributed by atoms with E-state index >= 15 is 0 Å². The van der Waals surface area contributed by atoms with Crippen LogP contribution in [-0.2, 0) is 17.1 Å². The van der Waals surface area contributed by atoms with Crippen molar-refractivity contribution in [3.05, 3.63) is 57.7 Å². The van der Waals surface area contributed by atoms with E-state index in [1.807, 2.05) is 0 Å². The fraction of sp³-hybridized carbons (Fsp3) is 0.0833. The zero-order chi connectivity index (χ0) is 14.9. The molecule has 0 unspecified atom stereocenters. The van der Waals surface area contributed by atoms with Crippen LogP contribution in [-0.4, -0.2) is 13.0 Å². The van der Waals surface area contributed by atoms with Crippen LogP contribution in [0.3, 0.4) is 0 Å². The third-order valence-electron chi connectivity index (χ3n) is 2.52.